The number of carbonyl (C=O) groups is 3. The van der Waals surface area contributed by atoms with Crippen LogP contribution in [-0.2, 0) is 14.3 Å². The fraction of sp³-hybridized carbons (Fsp3) is 0.400. The highest BCUT2D eigenvalue weighted by Crippen LogP contribution is 2.10. The molecule has 0 fully saturated rings. The average molecular weight is 308 g/mol. The summed E-state index contributed by atoms with van der Waals surface area (Å²) >= 11 is 0. The van der Waals surface area contributed by atoms with Crippen molar-refractivity contribution in [3.63, 3.8) is 0 Å². The summed E-state index contributed by atoms with van der Waals surface area (Å²) in [7, 11) is 1.28. The summed E-state index contributed by atoms with van der Waals surface area (Å²) in [5.74, 6) is -1.97. The summed E-state index contributed by atoms with van der Waals surface area (Å²) in [6.07, 6.45) is 2.16. The standard InChI is InChI=1S/C15H20N2O5/c1-22-15(21)11-5-7-12(8-6-11)17-14(20)13(19)16-9-3-2-4-10-18/h5-8,18H,2-4,9-10H2,1H3,(H,16,19)(H,17,20). The molecule has 0 heterocycles. The van der Waals surface area contributed by atoms with E-state index in [0.29, 0.717) is 30.6 Å². The second-order valence-electron chi connectivity index (χ2n) is 4.56. The number of methoxy groups -OCH3 is 1. The Morgan fingerprint density at radius 3 is 2.32 bits per heavy atom. The number of hydrogen-bond donors (Lipinski definition) is 3. The average Bonchev–Trinajstić information content (AvgIpc) is 2.54. The van der Waals surface area contributed by atoms with E-state index < -0.39 is 17.8 Å². The largest absolute Gasteiger partial charge is 0.465 e. The molecule has 0 saturated carbocycles. The first kappa shape index (κ1) is 17.6. The Bertz CT molecular complexity index is 513. The molecule has 1 rings (SSSR count). The number of esters is 1. The number of anilines is 1. The van der Waals surface area contributed by atoms with Crippen LogP contribution in [0.2, 0.25) is 0 Å². The predicted molar refractivity (Wildman–Crippen MR) is 80.4 cm³/mol. The first-order valence-corrected chi connectivity index (χ1v) is 6.97. The molecule has 3 N–H and O–H groups in total. The molecule has 22 heavy (non-hydrogen) atoms. The summed E-state index contributed by atoms with van der Waals surface area (Å²) in [6, 6.07) is 6.01. The van der Waals surface area contributed by atoms with Gasteiger partial charge in [-0.25, -0.2) is 4.79 Å². The molecule has 0 aliphatic rings. The van der Waals surface area contributed by atoms with Gasteiger partial charge in [-0.05, 0) is 43.5 Å². The van der Waals surface area contributed by atoms with E-state index in [0.717, 1.165) is 6.42 Å². The van der Waals surface area contributed by atoms with Crippen LogP contribution in [0, 0.1) is 0 Å². The Kier molecular flexibility index (Phi) is 7.63. The van der Waals surface area contributed by atoms with Crippen molar-refractivity contribution in [2.24, 2.45) is 0 Å². The number of benzene rings is 1. The maximum Gasteiger partial charge on any atom is 0.337 e. The summed E-state index contributed by atoms with van der Waals surface area (Å²) < 4.78 is 4.56. The monoisotopic (exact) mass is 308 g/mol. The lowest BCUT2D eigenvalue weighted by Crippen LogP contribution is -2.35. The predicted octanol–water partition coefficient (Wildman–Crippen LogP) is 0.690. The summed E-state index contributed by atoms with van der Waals surface area (Å²) in [4.78, 5) is 34.5. The molecular weight excluding hydrogens is 288 g/mol. The zero-order valence-corrected chi connectivity index (χ0v) is 12.4. The SMILES string of the molecule is COC(=O)c1ccc(NC(=O)C(=O)NCCCCCO)cc1. The van der Waals surface area contributed by atoms with Gasteiger partial charge in [-0.2, -0.15) is 0 Å². The smallest absolute Gasteiger partial charge is 0.337 e. The minimum atomic E-state index is -0.770. The Labute approximate surface area is 128 Å². The van der Waals surface area contributed by atoms with Crippen molar-refractivity contribution in [3.8, 4) is 0 Å². The van der Waals surface area contributed by atoms with E-state index in [2.05, 4.69) is 15.4 Å². The molecule has 1 aromatic carbocycles. The number of hydrogen-bond acceptors (Lipinski definition) is 5. The molecular formula is C15H20N2O5. The van der Waals surface area contributed by atoms with E-state index in [1.54, 1.807) is 0 Å². The first-order chi connectivity index (χ1) is 10.6. The van der Waals surface area contributed by atoms with E-state index in [9.17, 15) is 14.4 Å². The molecule has 0 radical (unpaired) electrons. The van der Waals surface area contributed by atoms with Crippen molar-refractivity contribution >= 4 is 23.5 Å². The van der Waals surface area contributed by atoms with Crippen LogP contribution in [0.3, 0.4) is 0 Å². The molecule has 7 nitrogen and oxygen atoms in total. The highest BCUT2D eigenvalue weighted by atomic mass is 16.5. The molecule has 0 unspecified atom stereocenters. The van der Waals surface area contributed by atoms with E-state index in [1.165, 1.54) is 31.4 Å². The van der Waals surface area contributed by atoms with Gasteiger partial charge in [-0.3, -0.25) is 9.59 Å². The van der Waals surface area contributed by atoms with Crippen LogP contribution in [0.5, 0.6) is 0 Å². The van der Waals surface area contributed by atoms with Crippen molar-refractivity contribution < 1.29 is 24.2 Å². The van der Waals surface area contributed by atoms with E-state index in [4.69, 9.17) is 5.11 Å². The van der Waals surface area contributed by atoms with Gasteiger partial charge in [0, 0.05) is 18.8 Å². The van der Waals surface area contributed by atoms with Crippen molar-refractivity contribution in [2.75, 3.05) is 25.6 Å². The molecule has 0 aliphatic carbocycles. The summed E-state index contributed by atoms with van der Waals surface area (Å²) in [5, 5.41) is 13.5. The van der Waals surface area contributed by atoms with Crippen molar-refractivity contribution in [3.05, 3.63) is 29.8 Å². The second-order valence-corrected chi connectivity index (χ2v) is 4.56. The van der Waals surface area contributed by atoms with E-state index in [-0.39, 0.29) is 6.61 Å². The third kappa shape index (κ3) is 5.92. The van der Waals surface area contributed by atoms with E-state index >= 15 is 0 Å². The van der Waals surface area contributed by atoms with Crippen LogP contribution in [0.1, 0.15) is 29.6 Å². The third-order valence-corrected chi connectivity index (χ3v) is 2.89. The number of amides is 2. The van der Waals surface area contributed by atoms with Gasteiger partial charge in [0.25, 0.3) is 0 Å². The zero-order valence-electron chi connectivity index (χ0n) is 12.4. The molecule has 0 saturated heterocycles. The van der Waals surface area contributed by atoms with Gasteiger partial charge in [-0.1, -0.05) is 0 Å². The molecule has 0 bridgehead atoms. The van der Waals surface area contributed by atoms with Gasteiger partial charge in [0.2, 0.25) is 0 Å². The highest BCUT2D eigenvalue weighted by molar-refractivity contribution is 6.39. The number of carbonyl (C=O) groups excluding carboxylic acids is 3. The number of rotatable bonds is 7. The van der Waals surface area contributed by atoms with Crippen LogP contribution in [0.25, 0.3) is 0 Å². The first-order valence-electron chi connectivity index (χ1n) is 6.97. The van der Waals surface area contributed by atoms with Gasteiger partial charge in [-0.15, -0.1) is 0 Å². The lowest BCUT2D eigenvalue weighted by atomic mass is 10.2. The maximum absolute atomic E-state index is 11.7. The number of aliphatic hydroxyl groups excluding tert-OH is 1. The number of unbranched alkanes of at least 4 members (excludes halogenated alkanes) is 2. The van der Waals surface area contributed by atoms with Gasteiger partial charge in [0.05, 0.1) is 12.7 Å². The quantitative estimate of drug-likeness (QED) is 0.390. The van der Waals surface area contributed by atoms with Crippen LogP contribution >= 0.6 is 0 Å². The van der Waals surface area contributed by atoms with Gasteiger partial charge < -0.3 is 20.5 Å². The van der Waals surface area contributed by atoms with Gasteiger partial charge >= 0.3 is 17.8 Å². The molecule has 120 valence electrons. The van der Waals surface area contributed by atoms with Gasteiger partial charge in [0.15, 0.2) is 0 Å². The molecule has 0 aliphatic heterocycles. The second kappa shape index (κ2) is 9.51. The highest BCUT2D eigenvalue weighted by Gasteiger charge is 2.13. The van der Waals surface area contributed by atoms with Crippen molar-refractivity contribution in [1.29, 1.82) is 0 Å². The molecule has 0 spiro atoms. The number of ether oxygens (including phenoxy) is 1. The number of aliphatic hydroxyl groups is 1. The third-order valence-electron chi connectivity index (χ3n) is 2.89. The molecule has 2 amide bonds. The van der Waals surface area contributed by atoms with Crippen molar-refractivity contribution in [2.45, 2.75) is 19.3 Å². The van der Waals surface area contributed by atoms with Crippen LogP contribution in [0.15, 0.2) is 24.3 Å². The Morgan fingerprint density at radius 1 is 1.05 bits per heavy atom. The minimum Gasteiger partial charge on any atom is -0.465 e. The van der Waals surface area contributed by atoms with Crippen LogP contribution in [0.4, 0.5) is 5.69 Å². The van der Waals surface area contributed by atoms with Crippen LogP contribution < -0.4 is 10.6 Å². The molecule has 0 aromatic heterocycles. The fourth-order valence-electron chi connectivity index (χ4n) is 1.69. The maximum atomic E-state index is 11.7. The van der Waals surface area contributed by atoms with E-state index in [1.807, 2.05) is 0 Å². The fourth-order valence-corrected chi connectivity index (χ4v) is 1.69. The lowest BCUT2D eigenvalue weighted by Gasteiger charge is -2.07. The molecule has 7 heteroatoms. The topological polar surface area (TPSA) is 105 Å². The van der Waals surface area contributed by atoms with Crippen LogP contribution in [-0.4, -0.2) is 43.2 Å². The minimum absolute atomic E-state index is 0.121. The summed E-state index contributed by atoms with van der Waals surface area (Å²) in [5.41, 5.74) is 0.766. The molecule has 0 atom stereocenters. The van der Waals surface area contributed by atoms with Crippen molar-refractivity contribution in [1.82, 2.24) is 5.32 Å². The number of nitrogens with one attached hydrogen (secondary N) is 2. The Morgan fingerprint density at radius 2 is 1.73 bits per heavy atom. The normalized spacial score (nSPS) is 9.91. The Hall–Kier alpha value is -2.41. The van der Waals surface area contributed by atoms with Gasteiger partial charge in [0.1, 0.15) is 0 Å². The summed E-state index contributed by atoms with van der Waals surface area (Å²) in [6.45, 7) is 0.504. The molecule has 1 aromatic rings. The Balaban J connectivity index is 2.40. The zero-order chi connectivity index (χ0) is 16.4. The lowest BCUT2D eigenvalue weighted by molar-refractivity contribution is -0.136.